The Kier molecular flexibility index (Phi) is 3.15. The molecule has 1 nitrogen and oxygen atoms in total. The summed E-state index contributed by atoms with van der Waals surface area (Å²) in [6.07, 6.45) is 0.101. The summed E-state index contributed by atoms with van der Waals surface area (Å²) < 4.78 is 7.01. The largest absolute Gasteiger partial charge is 0.491 e. The van der Waals surface area contributed by atoms with Crippen LogP contribution in [0.25, 0.3) is 280 Å². The van der Waals surface area contributed by atoms with E-state index in [9.17, 15) is 0 Å². The van der Waals surface area contributed by atoms with Crippen LogP contribution in [0.2, 0.25) is 19.1 Å². The first-order chi connectivity index (χ1) is 39.0. The average molecular weight is 1010 g/mol. The summed E-state index contributed by atoms with van der Waals surface area (Å²) >= 11 is 2.09. The molecular weight excluding hydrogens is 989 g/mol. The van der Waals surface area contributed by atoms with E-state index in [0.717, 1.165) is 11.8 Å². The van der Waals surface area contributed by atoms with Gasteiger partial charge in [-0.15, -0.1) is 11.3 Å². The Labute approximate surface area is 442 Å². The normalized spacial score (nSPS) is 20.9. The van der Waals surface area contributed by atoms with Crippen LogP contribution in [-0.4, -0.2) is 14.2 Å². The number of thiophene rings is 1. The van der Waals surface area contributed by atoms with Crippen molar-refractivity contribution in [3.05, 3.63) is 80.0 Å². The fourth-order valence-corrected chi connectivity index (χ4v) is 31.0. The van der Waals surface area contributed by atoms with Gasteiger partial charge in [-0.2, -0.15) is 0 Å². The highest BCUT2D eigenvalue weighted by molar-refractivity contribution is 7.10. The molecule has 0 aliphatic heterocycles. The van der Waals surface area contributed by atoms with Gasteiger partial charge in [-0.1, -0.05) is 37.4 Å². The minimum Gasteiger partial charge on any atom is -0.491 e. The van der Waals surface area contributed by atoms with Gasteiger partial charge in [0.25, 0.3) is 0 Å². The van der Waals surface area contributed by atoms with Crippen molar-refractivity contribution < 1.29 is 4.74 Å². The van der Waals surface area contributed by atoms with Crippen molar-refractivity contribution in [3.8, 4) is 5.75 Å². The van der Waals surface area contributed by atoms with Gasteiger partial charge in [0.1, 0.15) is 5.75 Å². The predicted octanol–water partition coefficient (Wildman–Crippen LogP) is 20.5. The van der Waals surface area contributed by atoms with E-state index in [4.69, 9.17) is 4.74 Å². The fraction of sp³-hybridized carbons (Fsp3) is 0.105. The third-order valence-corrected chi connectivity index (χ3v) is 31.3. The van der Waals surface area contributed by atoms with Gasteiger partial charge >= 0.3 is 0 Å². The van der Waals surface area contributed by atoms with Crippen LogP contribution in [0.5, 0.6) is 5.75 Å². The minimum absolute atomic E-state index is 0.101. The molecule has 0 saturated carbocycles. The number of hydrogen-bond donors (Lipinski definition) is 0. The second-order valence-corrected chi connectivity index (χ2v) is 34.7. The molecule has 5 aliphatic carbocycles. The van der Waals surface area contributed by atoms with Crippen LogP contribution in [0, 0.1) is 0 Å². The summed E-state index contributed by atoms with van der Waals surface area (Å²) in [5.41, 5.74) is 9.68. The number of rotatable bonds is 6. The first kappa shape index (κ1) is 32.3. The Bertz CT molecular complexity index is 7930. The molecule has 0 N–H and O–H groups in total. The molecule has 0 spiro atoms. The van der Waals surface area contributed by atoms with Gasteiger partial charge in [0.05, 0.1) is 19.6 Å². The Balaban J connectivity index is 1.07. The van der Waals surface area contributed by atoms with Crippen molar-refractivity contribution in [2.24, 2.45) is 0 Å². The van der Waals surface area contributed by atoms with Crippen LogP contribution < -0.4 is 9.92 Å². The van der Waals surface area contributed by atoms with E-state index in [1.807, 2.05) is 0 Å². The Morgan fingerprint density at radius 2 is 0.608 bits per heavy atom. The molecule has 79 heavy (non-hydrogen) atoms. The van der Waals surface area contributed by atoms with E-state index in [1.165, 1.54) is 5.19 Å². The molecule has 0 amide bonds. The number of para-hydroxylation sites is 1. The van der Waals surface area contributed by atoms with Crippen LogP contribution in [-0.2, 0) is 10.8 Å². The zero-order valence-electron chi connectivity index (χ0n) is 42.1. The summed E-state index contributed by atoms with van der Waals surface area (Å²) in [6.45, 7) is 10.00. The zero-order valence-corrected chi connectivity index (χ0v) is 44.0. The monoisotopic (exact) mass is 1010 g/mol. The van der Waals surface area contributed by atoms with Crippen molar-refractivity contribution >= 4 is 305 Å². The lowest BCUT2D eigenvalue weighted by Gasteiger charge is -2.50. The van der Waals surface area contributed by atoms with Gasteiger partial charge in [-0.05, 0) is 356 Å². The molecule has 0 radical (unpaired) electrons. The summed E-state index contributed by atoms with van der Waals surface area (Å²) in [4.78, 5) is 1.57. The molecule has 28 aromatic carbocycles. The van der Waals surface area contributed by atoms with Crippen LogP contribution in [0.1, 0.15) is 52.1 Å². The molecule has 0 saturated heterocycles. The van der Waals surface area contributed by atoms with Gasteiger partial charge in [-0.25, -0.2) is 0 Å². The van der Waals surface area contributed by atoms with E-state index in [1.54, 1.807) is 318 Å². The highest BCUT2D eigenvalue weighted by Crippen LogP contribution is 2.85. The molecular formula is C76H22OSSi. The first-order valence-electron chi connectivity index (χ1n) is 29.5. The average Bonchev–Trinajstić information content (AvgIpc) is 1.52. The number of hydrogen-bond acceptors (Lipinski definition) is 2. The smallest absolute Gasteiger partial charge is 0.118 e. The van der Waals surface area contributed by atoms with Gasteiger partial charge in [0.2, 0.25) is 0 Å². The standard InChI is InChI=1S/C76H22OSSi/c1-13(2)77-14-8-5-6-9-15(14)79(3,4)12-75-69-61-52-45-32-25-19-20-22-18-17-21(19)30(32)36-34-23(17)27-24(18)35-37-31(22)33-26(20)29-28(25)39-47-40(29)49-46(33)53-51(37)55-42(35)44-38(27)43-41(34)54(50(36)52)65(69)67-56(43)57(44)68-66(55)70-62(53)59(49)64-60(47)63(58(61)48(39)45)71(75)73(64)76(70,74(68)72(67)75)16-10-7-11-78-16/h5-11,13H,12H2,1-4H3. The maximum atomic E-state index is 7.01. The van der Waals surface area contributed by atoms with Crippen LogP contribution in [0.3, 0.4) is 0 Å². The summed E-state index contributed by atoms with van der Waals surface area (Å²) in [5, 5.41) is 90.4. The molecule has 2 unspecified atom stereocenters. The quantitative estimate of drug-likeness (QED) is 0.119. The lowest BCUT2D eigenvalue weighted by Crippen LogP contribution is -2.51. The van der Waals surface area contributed by atoms with Crippen molar-refractivity contribution in [2.75, 3.05) is 0 Å². The predicted molar refractivity (Wildman–Crippen MR) is 340 cm³/mol. The van der Waals surface area contributed by atoms with Crippen molar-refractivity contribution in [1.29, 1.82) is 0 Å². The lowest BCUT2D eigenvalue weighted by molar-refractivity contribution is 0.244. The molecule has 3 heteroatoms. The highest BCUT2D eigenvalue weighted by Gasteiger charge is 2.68. The molecule has 0 bridgehead atoms. The third kappa shape index (κ3) is 1.94. The maximum Gasteiger partial charge on any atom is 0.118 e. The second-order valence-electron chi connectivity index (χ2n) is 29.1. The zero-order chi connectivity index (χ0) is 48.4. The molecule has 34 rings (SSSR count). The van der Waals surface area contributed by atoms with Gasteiger partial charge in [0, 0.05) is 10.3 Å². The van der Waals surface area contributed by atoms with Crippen LogP contribution in [0.15, 0.2) is 41.8 Å². The maximum absolute atomic E-state index is 7.01. The summed E-state index contributed by atoms with van der Waals surface area (Å²) in [7, 11) is -2.50. The Hall–Kier alpha value is -8.60. The molecule has 342 valence electrons. The molecule has 2 atom stereocenters. The Morgan fingerprint density at radius 1 is 0.329 bits per heavy atom. The fourth-order valence-electron chi connectivity index (χ4n) is 26.7. The van der Waals surface area contributed by atoms with E-state index in [-0.39, 0.29) is 11.5 Å². The van der Waals surface area contributed by atoms with E-state index < -0.39 is 13.5 Å². The topological polar surface area (TPSA) is 9.23 Å². The summed E-state index contributed by atoms with van der Waals surface area (Å²) in [5.74, 6) is 1.11. The van der Waals surface area contributed by atoms with Gasteiger partial charge in [0.15, 0.2) is 0 Å². The summed E-state index contributed by atoms with van der Waals surface area (Å²) in [6, 6.07) is 15.6. The SMILES string of the molecule is CC(C)Oc1ccccc1[Si](C)(C)CC12c3c4c5c6c7c8c9c%10c(c1c1c%11c2c2c%12c3c5c3c5c%12c%12c2c2c%11c%11c%13c1c%10c1c%10c9c9c7c7c6c3c3c5c5c%12c6c2c%11c2c(c%131)c1c%10c9c9c7c3c3c9c1c2c6c53)C48c1cccs1. The highest BCUT2D eigenvalue weighted by atomic mass is 32.1. The molecule has 29 aromatic rings. The molecule has 1 heterocycles. The third-order valence-electron chi connectivity index (χ3n) is 27.0. The first-order valence-corrected chi connectivity index (χ1v) is 33.6. The number of benzene rings is 18. The number of ether oxygens (including phenoxy) is 1. The van der Waals surface area contributed by atoms with E-state index in [2.05, 4.69) is 80.1 Å². The van der Waals surface area contributed by atoms with E-state index in [0.29, 0.717) is 0 Å². The van der Waals surface area contributed by atoms with Crippen LogP contribution >= 0.6 is 11.3 Å². The second kappa shape index (κ2) is 7.70. The van der Waals surface area contributed by atoms with Gasteiger partial charge < -0.3 is 4.74 Å². The van der Waals surface area contributed by atoms with Crippen molar-refractivity contribution in [2.45, 2.75) is 49.9 Å². The van der Waals surface area contributed by atoms with Crippen LogP contribution in [0.4, 0.5) is 0 Å². The lowest BCUT2D eigenvalue weighted by atomic mass is 9.54. The van der Waals surface area contributed by atoms with E-state index >= 15 is 0 Å². The Morgan fingerprint density at radius 3 is 0.975 bits per heavy atom. The molecule has 5 aliphatic rings. The van der Waals surface area contributed by atoms with Gasteiger partial charge in [-0.3, -0.25) is 0 Å². The minimum atomic E-state index is -2.50. The molecule has 1 aromatic heterocycles. The van der Waals surface area contributed by atoms with Crippen molar-refractivity contribution in [1.82, 2.24) is 0 Å². The van der Waals surface area contributed by atoms with Crippen molar-refractivity contribution in [3.63, 3.8) is 0 Å². The molecule has 0 fully saturated rings.